The molecule has 0 aliphatic heterocycles. The van der Waals surface area contributed by atoms with Crippen LogP contribution in [0.4, 0.5) is 0 Å². The minimum atomic E-state index is 0.0977. The minimum absolute atomic E-state index is 0.0977. The van der Waals surface area contributed by atoms with Crippen LogP contribution in [-0.4, -0.2) is 15.2 Å². The lowest BCUT2D eigenvalue weighted by Crippen LogP contribution is -2.16. The number of amidine groups is 1. The molecule has 0 radical (unpaired) electrons. The van der Waals surface area contributed by atoms with Gasteiger partial charge in [-0.25, -0.2) is 4.98 Å². The number of hydrogen-bond donors (Lipinski definition) is 2. The third-order valence-corrected chi connectivity index (χ3v) is 2.80. The number of rotatable bonds is 2. The third kappa shape index (κ3) is 1.21. The van der Waals surface area contributed by atoms with Gasteiger partial charge in [0.1, 0.15) is 11.7 Å². The second kappa shape index (κ2) is 2.82. The number of aromatic nitrogens is 2. The molecule has 2 heterocycles. The van der Waals surface area contributed by atoms with Crippen molar-refractivity contribution in [3.63, 3.8) is 0 Å². The maximum atomic E-state index is 7.54. The maximum absolute atomic E-state index is 7.54. The van der Waals surface area contributed by atoms with E-state index in [-0.39, 0.29) is 5.84 Å². The number of nitrogens with zero attached hydrogens (tertiary/aromatic N) is 2. The molecule has 1 aliphatic rings. The van der Waals surface area contributed by atoms with Crippen molar-refractivity contribution in [2.45, 2.75) is 18.8 Å². The molecule has 0 spiro atoms. The van der Waals surface area contributed by atoms with Gasteiger partial charge in [-0.1, -0.05) is 6.07 Å². The van der Waals surface area contributed by atoms with Crippen molar-refractivity contribution in [1.29, 1.82) is 5.41 Å². The molecule has 0 aromatic carbocycles. The van der Waals surface area contributed by atoms with Crippen molar-refractivity contribution in [1.82, 2.24) is 9.38 Å². The molecule has 0 saturated heterocycles. The van der Waals surface area contributed by atoms with Crippen LogP contribution in [0.5, 0.6) is 0 Å². The monoisotopic (exact) mass is 200 g/mol. The van der Waals surface area contributed by atoms with E-state index in [1.54, 1.807) is 0 Å². The summed E-state index contributed by atoms with van der Waals surface area (Å²) < 4.78 is 2.00. The van der Waals surface area contributed by atoms with Gasteiger partial charge in [0, 0.05) is 5.92 Å². The summed E-state index contributed by atoms with van der Waals surface area (Å²) in [6, 6.07) is 5.76. The standard InChI is InChI=1S/C11H12N4/c12-10(13)9-3-1-2-8-6-14-11(15(8)9)7-4-5-7/h1-3,6-7H,4-5H2,(H3,12,13). The fourth-order valence-electron chi connectivity index (χ4n) is 1.91. The quantitative estimate of drug-likeness (QED) is 0.569. The first-order chi connectivity index (χ1) is 7.27. The lowest BCUT2D eigenvalue weighted by Gasteiger charge is -2.06. The number of pyridine rings is 1. The lowest BCUT2D eigenvalue weighted by molar-refractivity contribution is 0.912. The van der Waals surface area contributed by atoms with Crippen LogP contribution in [0.2, 0.25) is 0 Å². The summed E-state index contributed by atoms with van der Waals surface area (Å²) in [4.78, 5) is 4.41. The van der Waals surface area contributed by atoms with Crippen molar-refractivity contribution in [3.05, 3.63) is 35.9 Å². The number of nitrogen functional groups attached to an aromatic ring is 1. The summed E-state index contributed by atoms with van der Waals surface area (Å²) in [7, 11) is 0. The molecular formula is C11H12N4. The summed E-state index contributed by atoms with van der Waals surface area (Å²) in [5.41, 5.74) is 7.32. The molecule has 2 aromatic rings. The summed E-state index contributed by atoms with van der Waals surface area (Å²) in [5.74, 6) is 1.71. The van der Waals surface area contributed by atoms with Gasteiger partial charge in [0.25, 0.3) is 0 Å². The molecule has 4 nitrogen and oxygen atoms in total. The second-order valence-electron chi connectivity index (χ2n) is 3.98. The van der Waals surface area contributed by atoms with E-state index in [2.05, 4.69) is 4.98 Å². The second-order valence-corrected chi connectivity index (χ2v) is 3.98. The van der Waals surface area contributed by atoms with Crippen molar-refractivity contribution < 1.29 is 0 Å². The molecule has 0 atom stereocenters. The van der Waals surface area contributed by atoms with Gasteiger partial charge in [0.05, 0.1) is 17.4 Å². The van der Waals surface area contributed by atoms with Crippen molar-refractivity contribution in [2.75, 3.05) is 0 Å². The Labute approximate surface area is 87.2 Å². The van der Waals surface area contributed by atoms with E-state index in [4.69, 9.17) is 11.1 Å². The van der Waals surface area contributed by atoms with Gasteiger partial charge in [-0.05, 0) is 25.0 Å². The highest BCUT2D eigenvalue weighted by Crippen LogP contribution is 2.39. The van der Waals surface area contributed by atoms with Crippen LogP contribution in [0.3, 0.4) is 0 Å². The predicted octanol–water partition coefficient (Wildman–Crippen LogP) is 1.50. The summed E-state index contributed by atoms with van der Waals surface area (Å²) in [6.07, 6.45) is 4.25. The van der Waals surface area contributed by atoms with E-state index < -0.39 is 0 Å². The van der Waals surface area contributed by atoms with Crippen LogP contribution in [0, 0.1) is 5.41 Å². The van der Waals surface area contributed by atoms with E-state index in [1.165, 1.54) is 12.8 Å². The average Bonchev–Trinajstić information content (AvgIpc) is 2.97. The molecular weight excluding hydrogens is 188 g/mol. The molecule has 1 aliphatic carbocycles. The normalized spacial score (nSPS) is 15.7. The number of nitrogens with one attached hydrogen (secondary N) is 1. The van der Waals surface area contributed by atoms with Gasteiger partial charge < -0.3 is 5.73 Å². The first-order valence-electron chi connectivity index (χ1n) is 5.08. The van der Waals surface area contributed by atoms with Crippen molar-refractivity contribution in [3.8, 4) is 0 Å². The largest absolute Gasteiger partial charge is 0.382 e. The van der Waals surface area contributed by atoms with Crippen LogP contribution in [0.1, 0.15) is 30.3 Å². The molecule has 3 rings (SSSR count). The molecule has 4 heteroatoms. The SMILES string of the molecule is N=C(N)c1cccc2cnc(C3CC3)n12. The third-order valence-electron chi connectivity index (χ3n) is 2.80. The molecule has 76 valence electrons. The van der Waals surface area contributed by atoms with Crippen LogP contribution >= 0.6 is 0 Å². The van der Waals surface area contributed by atoms with Crippen LogP contribution in [0.25, 0.3) is 5.52 Å². The first kappa shape index (κ1) is 8.47. The Morgan fingerprint density at radius 2 is 2.27 bits per heavy atom. The van der Waals surface area contributed by atoms with Crippen LogP contribution < -0.4 is 5.73 Å². The predicted molar refractivity (Wildman–Crippen MR) is 58.2 cm³/mol. The Morgan fingerprint density at radius 1 is 1.47 bits per heavy atom. The highest BCUT2D eigenvalue weighted by molar-refractivity contribution is 5.94. The van der Waals surface area contributed by atoms with Gasteiger partial charge in [-0.2, -0.15) is 0 Å². The first-order valence-corrected chi connectivity index (χ1v) is 5.08. The zero-order chi connectivity index (χ0) is 10.4. The van der Waals surface area contributed by atoms with Gasteiger partial charge in [0.2, 0.25) is 0 Å². The Hall–Kier alpha value is -1.84. The summed E-state index contributed by atoms with van der Waals surface area (Å²) in [5, 5.41) is 7.54. The molecule has 1 fully saturated rings. The van der Waals surface area contributed by atoms with Crippen LogP contribution in [-0.2, 0) is 0 Å². The smallest absolute Gasteiger partial charge is 0.140 e. The molecule has 0 unspecified atom stereocenters. The number of nitrogens with two attached hydrogens (primary N) is 1. The van der Waals surface area contributed by atoms with Gasteiger partial charge in [-0.3, -0.25) is 9.81 Å². The van der Waals surface area contributed by atoms with Crippen molar-refractivity contribution in [2.24, 2.45) is 5.73 Å². The lowest BCUT2D eigenvalue weighted by atomic mass is 10.3. The van der Waals surface area contributed by atoms with Gasteiger partial charge in [0.15, 0.2) is 0 Å². The average molecular weight is 200 g/mol. The summed E-state index contributed by atoms with van der Waals surface area (Å²) >= 11 is 0. The molecule has 0 amide bonds. The minimum Gasteiger partial charge on any atom is -0.382 e. The molecule has 0 bridgehead atoms. The topological polar surface area (TPSA) is 67.2 Å². The molecule has 1 saturated carbocycles. The zero-order valence-electron chi connectivity index (χ0n) is 8.27. The highest BCUT2D eigenvalue weighted by atomic mass is 15.1. The van der Waals surface area contributed by atoms with Gasteiger partial charge in [-0.15, -0.1) is 0 Å². The Balaban J connectivity index is 2.33. The summed E-state index contributed by atoms with van der Waals surface area (Å²) in [6.45, 7) is 0. The molecule has 2 aromatic heterocycles. The maximum Gasteiger partial charge on any atom is 0.140 e. The zero-order valence-corrected chi connectivity index (χ0v) is 8.27. The van der Waals surface area contributed by atoms with Gasteiger partial charge >= 0.3 is 0 Å². The highest BCUT2D eigenvalue weighted by Gasteiger charge is 2.28. The number of hydrogen-bond acceptors (Lipinski definition) is 2. The van der Waals surface area contributed by atoms with E-state index in [0.717, 1.165) is 17.0 Å². The Kier molecular flexibility index (Phi) is 1.59. The van der Waals surface area contributed by atoms with E-state index in [1.807, 2.05) is 28.8 Å². The van der Waals surface area contributed by atoms with Crippen molar-refractivity contribution >= 4 is 11.4 Å². The fraction of sp³-hybridized carbons (Fsp3) is 0.273. The fourth-order valence-corrected chi connectivity index (χ4v) is 1.91. The molecule has 3 N–H and O–H groups in total. The Bertz CT molecular complexity index is 537. The van der Waals surface area contributed by atoms with E-state index in [0.29, 0.717) is 5.92 Å². The van der Waals surface area contributed by atoms with E-state index in [9.17, 15) is 0 Å². The molecule has 15 heavy (non-hydrogen) atoms. The number of imidazole rings is 1. The Morgan fingerprint density at radius 3 is 2.93 bits per heavy atom. The number of fused-ring (bicyclic) bond motifs is 1. The van der Waals surface area contributed by atoms with E-state index >= 15 is 0 Å². The van der Waals surface area contributed by atoms with Crippen LogP contribution in [0.15, 0.2) is 24.4 Å².